The molecule has 1 aliphatic rings. The van der Waals surface area contributed by atoms with Gasteiger partial charge in [0.1, 0.15) is 17.5 Å². The lowest BCUT2D eigenvalue weighted by atomic mass is 10.0. The van der Waals surface area contributed by atoms with E-state index in [1.807, 2.05) is 0 Å². The van der Waals surface area contributed by atoms with Crippen LogP contribution in [0.1, 0.15) is 43.6 Å². The van der Waals surface area contributed by atoms with E-state index in [4.69, 9.17) is 9.26 Å². The van der Waals surface area contributed by atoms with Gasteiger partial charge in [0.15, 0.2) is 0 Å². The summed E-state index contributed by atoms with van der Waals surface area (Å²) in [6, 6.07) is 0.363. The zero-order chi connectivity index (χ0) is 14.8. The number of rotatable bonds is 3. The van der Waals surface area contributed by atoms with E-state index in [9.17, 15) is 4.79 Å². The third-order valence-corrected chi connectivity index (χ3v) is 3.80. The van der Waals surface area contributed by atoms with Crippen LogP contribution in [0.3, 0.4) is 0 Å². The van der Waals surface area contributed by atoms with Crippen molar-refractivity contribution in [2.75, 3.05) is 18.1 Å². The van der Waals surface area contributed by atoms with Crippen molar-refractivity contribution >= 4 is 22.9 Å². The molecule has 112 valence electrons. The van der Waals surface area contributed by atoms with Gasteiger partial charge in [0, 0.05) is 12.6 Å². The molecule has 0 amide bonds. The number of nitrogens with zero attached hydrogens (tertiary/aromatic N) is 4. The minimum atomic E-state index is -0.503. The van der Waals surface area contributed by atoms with Crippen LogP contribution in [0.15, 0.2) is 10.9 Å². The van der Waals surface area contributed by atoms with Crippen molar-refractivity contribution < 1.29 is 14.1 Å². The number of hydrogen-bond donors (Lipinski definition) is 0. The summed E-state index contributed by atoms with van der Waals surface area (Å²) in [7, 11) is 0. The van der Waals surface area contributed by atoms with Gasteiger partial charge in [-0.05, 0) is 33.1 Å². The Balaban J connectivity index is 2.09. The van der Waals surface area contributed by atoms with E-state index in [0.29, 0.717) is 23.0 Å². The maximum Gasteiger partial charge on any atom is 0.361 e. The molecule has 0 aromatic carbocycles. The van der Waals surface area contributed by atoms with Crippen LogP contribution in [0, 0.1) is 0 Å². The standard InChI is InChI=1S/C14H18N4O3/c1-3-20-14(19)11-10-12(15-8-16-13(10)21-17-11)18-7-5-4-6-9(18)2/h8-9H,3-7H2,1-2H3/t9-/m1/s1. The largest absolute Gasteiger partial charge is 0.461 e. The van der Waals surface area contributed by atoms with Crippen molar-refractivity contribution in [3.63, 3.8) is 0 Å². The molecule has 3 rings (SSSR count). The highest BCUT2D eigenvalue weighted by Crippen LogP contribution is 2.31. The summed E-state index contributed by atoms with van der Waals surface area (Å²) >= 11 is 0. The van der Waals surface area contributed by atoms with E-state index in [1.54, 1.807) is 6.92 Å². The van der Waals surface area contributed by atoms with E-state index < -0.39 is 5.97 Å². The molecule has 0 unspecified atom stereocenters. The Kier molecular flexibility index (Phi) is 3.72. The number of fused-ring (bicyclic) bond motifs is 1. The van der Waals surface area contributed by atoms with Crippen LogP contribution in [0.2, 0.25) is 0 Å². The lowest BCUT2D eigenvalue weighted by Gasteiger charge is -2.34. The van der Waals surface area contributed by atoms with Gasteiger partial charge in [0.05, 0.1) is 6.61 Å². The van der Waals surface area contributed by atoms with Gasteiger partial charge < -0.3 is 14.2 Å². The Labute approximate surface area is 122 Å². The summed E-state index contributed by atoms with van der Waals surface area (Å²) in [6.45, 7) is 5.10. The zero-order valence-electron chi connectivity index (χ0n) is 12.2. The van der Waals surface area contributed by atoms with Crippen molar-refractivity contribution in [1.29, 1.82) is 0 Å². The SMILES string of the molecule is CCOC(=O)c1noc2ncnc(N3CCCC[C@H]3C)c12. The van der Waals surface area contributed by atoms with Crippen LogP contribution < -0.4 is 4.90 Å². The van der Waals surface area contributed by atoms with Gasteiger partial charge in [0.2, 0.25) is 5.69 Å². The first-order valence-electron chi connectivity index (χ1n) is 7.26. The second kappa shape index (κ2) is 5.67. The lowest BCUT2D eigenvalue weighted by Crippen LogP contribution is -2.38. The third-order valence-electron chi connectivity index (χ3n) is 3.80. The summed E-state index contributed by atoms with van der Waals surface area (Å²) in [5.41, 5.74) is 0.473. The van der Waals surface area contributed by atoms with E-state index in [1.165, 1.54) is 12.7 Å². The van der Waals surface area contributed by atoms with Crippen LogP contribution in [-0.2, 0) is 4.74 Å². The van der Waals surface area contributed by atoms with Crippen LogP contribution in [0.4, 0.5) is 5.82 Å². The number of esters is 1. The molecule has 0 saturated carbocycles. The van der Waals surface area contributed by atoms with Crippen LogP contribution in [-0.4, -0.2) is 40.3 Å². The summed E-state index contributed by atoms with van der Waals surface area (Å²) in [5, 5.41) is 4.36. The quantitative estimate of drug-likeness (QED) is 0.801. The normalized spacial score (nSPS) is 19.0. The number of piperidine rings is 1. The van der Waals surface area contributed by atoms with Gasteiger partial charge in [-0.1, -0.05) is 5.16 Å². The molecular weight excluding hydrogens is 272 g/mol. The molecular formula is C14H18N4O3. The average molecular weight is 290 g/mol. The molecule has 0 spiro atoms. The maximum absolute atomic E-state index is 12.0. The fourth-order valence-electron chi connectivity index (χ4n) is 2.74. The fourth-order valence-corrected chi connectivity index (χ4v) is 2.74. The molecule has 1 saturated heterocycles. The van der Waals surface area contributed by atoms with E-state index >= 15 is 0 Å². The smallest absolute Gasteiger partial charge is 0.361 e. The molecule has 0 N–H and O–H groups in total. The van der Waals surface area contributed by atoms with Crippen LogP contribution in [0.5, 0.6) is 0 Å². The van der Waals surface area contributed by atoms with Gasteiger partial charge in [-0.2, -0.15) is 4.98 Å². The van der Waals surface area contributed by atoms with Gasteiger partial charge in [0.25, 0.3) is 5.71 Å². The van der Waals surface area contributed by atoms with Gasteiger partial charge in [-0.15, -0.1) is 0 Å². The lowest BCUT2D eigenvalue weighted by molar-refractivity contribution is 0.0517. The second-order valence-corrected chi connectivity index (χ2v) is 5.17. The Morgan fingerprint density at radius 3 is 3.10 bits per heavy atom. The van der Waals surface area contributed by atoms with Crippen molar-refractivity contribution in [2.24, 2.45) is 0 Å². The summed E-state index contributed by atoms with van der Waals surface area (Å²) in [4.78, 5) is 22.6. The molecule has 2 aromatic heterocycles. The highest BCUT2D eigenvalue weighted by atomic mass is 16.5. The average Bonchev–Trinajstić information content (AvgIpc) is 2.92. The first-order chi connectivity index (χ1) is 10.2. The Morgan fingerprint density at radius 2 is 2.33 bits per heavy atom. The fraction of sp³-hybridized carbons (Fsp3) is 0.571. The summed E-state index contributed by atoms with van der Waals surface area (Å²) < 4.78 is 10.2. The van der Waals surface area contributed by atoms with Crippen molar-refractivity contribution in [1.82, 2.24) is 15.1 Å². The Bertz CT molecular complexity index is 655. The van der Waals surface area contributed by atoms with E-state index in [2.05, 4.69) is 26.9 Å². The molecule has 0 aliphatic carbocycles. The molecule has 1 atom stereocenters. The van der Waals surface area contributed by atoms with Crippen LogP contribution >= 0.6 is 0 Å². The highest BCUT2D eigenvalue weighted by molar-refractivity contribution is 6.04. The predicted octanol–water partition coefficient (Wildman–Crippen LogP) is 2.17. The predicted molar refractivity (Wildman–Crippen MR) is 76.2 cm³/mol. The maximum atomic E-state index is 12.0. The molecule has 1 fully saturated rings. The molecule has 7 nitrogen and oxygen atoms in total. The van der Waals surface area contributed by atoms with Crippen molar-refractivity contribution in [2.45, 2.75) is 39.2 Å². The third kappa shape index (κ3) is 2.43. The molecule has 0 bridgehead atoms. The van der Waals surface area contributed by atoms with Crippen LogP contribution in [0.25, 0.3) is 11.1 Å². The monoisotopic (exact) mass is 290 g/mol. The first-order valence-corrected chi connectivity index (χ1v) is 7.26. The molecule has 1 aliphatic heterocycles. The van der Waals surface area contributed by atoms with E-state index in [0.717, 1.165) is 19.4 Å². The van der Waals surface area contributed by atoms with Gasteiger partial charge >= 0.3 is 5.97 Å². The second-order valence-electron chi connectivity index (χ2n) is 5.17. The number of anilines is 1. The zero-order valence-corrected chi connectivity index (χ0v) is 12.2. The molecule has 0 radical (unpaired) electrons. The highest BCUT2D eigenvalue weighted by Gasteiger charge is 2.28. The Hall–Kier alpha value is -2.18. The Morgan fingerprint density at radius 1 is 1.48 bits per heavy atom. The summed E-state index contributed by atoms with van der Waals surface area (Å²) in [6.07, 6.45) is 4.86. The molecule has 2 aromatic rings. The molecule has 7 heteroatoms. The summed E-state index contributed by atoms with van der Waals surface area (Å²) in [5.74, 6) is 0.202. The van der Waals surface area contributed by atoms with E-state index in [-0.39, 0.29) is 12.3 Å². The van der Waals surface area contributed by atoms with Crippen molar-refractivity contribution in [3.8, 4) is 0 Å². The minimum Gasteiger partial charge on any atom is -0.461 e. The van der Waals surface area contributed by atoms with Gasteiger partial charge in [-0.3, -0.25) is 0 Å². The van der Waals surface area contributed by atoms with Gasteiger partial charge in [-0.25, -0.2) is 9.78 Å². The minimum absolute atomic E-state index is 0.153. The number of ether oxygens (including phenoxy) is 1. The molecule has 21 heavy (non-hydrogen) atoms. The topological polar surface area (TPSA) is 81.3 Å². The number of carbonyl (C=O) groups excluding carboxylic acids is 1. The molecule has 3 heterocycles. The first kappa shape index (κ1) is 13.8. The number of hydrogen-bond acceptors (Lipinski definition) is 7. The van der Waals surface area contributed by atoms with Crippen molar-refractivity contribution in [3.05, 3.63) is 12.0 Å². The number of carbonyl (C=O) groups is 1. The number of aromatic nitrogens is 3.